The Morgan fingerprint density at radius 2 is 1.75 bits per heavy atom. The molecule has 0 spiro atoms. The van der Waals surface area contributed by atoms with Crippen molar-refractivity contribution in [3.05, 3.63) is 39.0 Å². The van der Waals surface area contributed by atoms with Crippen LogP contribution in [0.5, 0.6) is 11.5 Å². The fraction of sp³-hybridized carbons (Fsp3) is 0.350. The van der Waals surface area contributed by atoms with Gasteiger partial charge in [-0.2, -0.15) is 0 Å². The number of hydrogen-bond donors (Lipinski definition) is 0. The Morgan fingerprint density at radius 1 is 1.07 bits per heavy atom. The van der Waals surface area contributed by atoms with Crippen molar-refractivity contribution in [3.63, 3.8) is 0 Å². The monoisotopic (exact) mass is 382 g/mol. The molecular weight excluding hydrogens is 360 g/mol. The van der Waals surface area contributed by atoms with Gasteiger partial charge in [-0.15, -0.1) is 6.42 Å². The van der Waals surface area contributed by atoms with E-state index in [0.29, 0.717) is 41.7 Å². The number of benzene rings is 1. The third kappa shape index (κ3) is 3.05. The third-order valence-electron chi connectivity index (χ3n) is 4.41. The lowest BCUT2D eigenvalue weighted by Gasteiger charge is -2.12. The summed E-state index contributed by atoms with van der Waals surface area (Å²) in [6, 6.07) is 5.46. The van der Waals surface area contributed by atoms with E-state index >= 15 is 0 Å². The van der Waals surface area contributed by atoms with Gasteiger partial charge < -0.3 is 14.0 Å². The molecular formula is C20H22N4O4. The fourth-order valence-corrected chi connectivity index (χ4v) is 3.12. The van der Waals surface area contributed by atoms with E-state index in [9.17, 15) is 9.59 Å². The van der Waals surface area contributed by atoms with Crippen molar-refractivity contribution in [2.45, 2.75) is 20.4 Å². The van der Waals surface area contributed by atoms with Gasteiger partial charge >= 0.3 is 5.69 Å². The highest BCUT2D eigenvalue weighted by Crippen LogP contribution is 2.33. The molecule has 0 saturated heterocycles. The van der Waals surface area contributed by atoms with Crippen LogP contribution in [0.2, 0.25) is 0 Å². The van der Waals surface area contributed by atoms with Crippen LogP contribution < -0.4 is 20.7 Å². The molecule has 3 rings (SSSR count). The first kappa shape index (κ1) is 19.3. The molecule has 0 bridgehead atoms. The molecule has 0 saturated carbocycles. The number of terminal acetylenes is 1. The molecule has 0 unspecified atom stereocenters. The Morgan fingerprint density at radius 3 is 2.39 bits per heavy atom. The molecule has 28 heavy (non-hydrogen) atoms. The molecule has 0 aliphatic carbocycles. The number of imidazole rings is 1. The first-order chi connectivity index (χ1) is 13.4. The van der Waals surface area contributed by atoms with Crippen LogP contribution in [0.25, 0.3) is 22.6 Å². The Labute approximate surface area is 162 Å². The zero-order valence-corrected chi connectivity index (χ0v) is 16.4. The summed E-state index contributed by atoms with van der Waals surface area (Å²) in [5, 5.41) is 0. The lowest BCUT2D eigenvalue weighted by Crippen LogP contribution is -2.39. The molecule has 8 heteroatoms. The van der Waals surface area contributed by atoms with Crippen molar-refractivity contribution >= 4 is 11.2 Å². The maximum Gasteiger partial charge on any atom is 0.333 e. The summed E-state index contributed by atoms with van der Waals surface area (Å²) in [6.45, 7) is 4.69. The van der Waals surface area contributed by atoms with Gasteiger partial charge in [0, 0.05) is 19.7 Å². The SMILES string of the molecule is C#CCn1c(=O)c2c(nc(-c3ccc(OCC)c(OCC)c3)n2C)n(C)c1=O. The molecule has 0 fully saturated rings. The summed E-state index contributed by atoms with van der Waals surface area (Å²) in [7, 11) is 3.30. The summed E-state index contributed by atoms with van der Waals surface area (Å²) >= 11 is 0. The molecule has 0 N–H and O–H groups in total. The minimum atomic E-state index is -0.498. The van der Waals surface area contributed by atoms with Crippen molar-refractivity contribution in [2.24, 2.45) is 14.1 Å². The topological polar surface area (TPSA) is 80.3 Å². The highest BCUT2D eigenvalue weighted by Gasteiger charge is 2.20. The van der Waals surface area contributed by atoms with Crippen LogP contribution in [-0.2, 0) is 20.6 Å². The van der Waals surface area contributed by atoms with Crippen LogP contribution in [-0.4, -0.2) is 31.9 Å². The predicted octanol–water partition coefficient (Wildman–Crippen LogP) is 1.53. The van der Waals surface area contributed by atoms with Gasteiger partial charge in [-0.25, -0.2) is 14.3 Å². The van der Waals surface area contributed by atoms with Gasteiger partial charge in [-0.05, 0) is 32.0 Å². The first-order valence-electron chi connectivity index (χ1n) is 8.94. The zero-order chi connectivity index (χ0) is 20.4. The van der Waals surface area contributed by atoms with E-state index in [0.717, 1.165) is 10.1 Å². The van der Waals surface area contributed by atoms with E-state index in [1.54, 1.807) is 24.7 Å². The fourth-order valence-electron chi connectivity index (χ4n) is 3.12. The van der Waals surface area contributed by atoms with Crippen LogP contribution in [0.4, 0.5) is 0 Å². The highest BCUT2D eigenvalue weighted by molar-refractivity contribution is 5.77. The van der Waals surface area contributed by atoms with Crippen molar-refractivity contribution in [1.82, 2.24) is 18.7 Å². The first-order valence-corrected chi connectivity index (χ1v) is 8.94. The number of hydrogen-bond acceptors (Lipinski definition) is 5. The van der Waals surface area contributed by atoms with Crippen LogP contribution in [0.15, 0.2) is 27.8 Å². The quantitative estimate of drug-likeness (QED) is 0.604. The number of rotatable bonds is 6. The Hall–Kier alpha value is -3.47. The largest absolute Gasteiger partial charge is 0.490 e. The second-order valence-corrected chi connectivity index (χ2v) is 6.13. The summed E-state index contributed by atoms with van der Waals surface area (Å²) in [4.78, 5) is 29.8. The van der Waals surface area contributed by atoms with Gasteiger partial charge in [0.1, 0.15) is 5.82 Å². The number of aromatic nitrogens is 4. The molecule has 8 nitrogen and oxygen atoms in total. The van der Waals surface area contributed by atoms with E-state index in [4.69, 9.17) is 15.9 Å². The normalized spacial score (nSPS) is 10.8. The smallest absolute Gasteiger partial charge is 0.333 e. The molecule has 0 radical (unpaired) electrons. The molecule has 2 aromatic heterocycles. The summed E-state index contributed by atoms with van der Waals surface area (Å²) in [5.74, 6) is 4.10. The highest BCUT2D eigenvalue weighted by atomic mass is 16.5. The number of aryl methyl sites for hydroxylation is 2. The molecule has 2 heterocycles. The average Bonchev–Trinajstić information content (AvgIpc) is 3.03. The van der Waals surface area contributed by atoms with Gasteiger partial charge in [0.2, 0.25) is 0 Å². The van der Waals surface area contributed by atoms with Gasteiger partial charge in [0.15, 0.2) is 22.7 Å². The van der Waals surface area contributed by atoms with E-state index in [1.165, 1.54) is 4.57 Å². The summed E-state index contributed by atoms with van der Waals surface area (Å²) in [6.07, 6.45) is 5.30. The maximum atomic E-state index is 12.8. The van der Waals surface area contributed by atoms with Crippen LogP contribution in [0.3, 0.4) is 0 Å². The number of nitrogens with zero attached hydrogens (tertiary/aromatic N) is 4. The van der Waals surface area contributed by atoms with E-state index in [2.05, 4.69) is 10.9 Å². The van der Waals surface area contributed by atoms with Gasteiger partial charge in [0.05, 0.1) is 19.8 Å². The number of fused-ring (bicyclic) bond motifs is 1. The lowest BCUT2D eigenvalue weighted by molar-refractivity contribution is 0.288. The van der Waals surface area contributed by atoms with Crippen molar-refractivity contribution < 1.29 is 9.47 Å². The number of ether oxygens (including phenoxy) is 2. The zero-order valence-electron chi connectivity index (χ0n) is 16.4. The molecule has 3 aromatic rings. The second-order valence-electron chi connectivity index (χ2n) is 6.13. The maximum absolute atomic E-state index is 12.8. The summed E-state index contributed by atoms with van der Waals surface area (Å²) in [5.41, 5.74) is 0.378. The van der Waals surface area contributed by atoms with Crippen molar-refractivity contribution in [2.75, 3.05) is 13.2 Å². The van der Waals surface area contributed by atoms with E-state index in [-0.39, 0.29) is 6.54 Å². The molecule has 1 aromatic carbocycles. The Bertz CT molecular complexity index is 1190. The van der Waals surface area contributed by atoms with Gasteiger partial charge in [-0.3, -0.25) is 9.36 Å². The van der Waals surface area contributed by atoms with Gasteiger partial charge in [0.25, 0.3) is 5.56 Å². The lowest BCUT2D eigenvalue weighted by atomic mass is 10.2. The second kappa shape index (κ2) is 7.64. The Balaban J connectivity index is 2.27. The minimum Gasteiger partial charge on any atom is -0.490 e. The van der Waals surface area contributed by atoms with Gasteiger partial charge in [-0.1, -0.05) is 5.92 Å². The van der Waals surface area contributed by atoms with Crippen LogP contribution in [0, 0.1) is 12.3 Å². The predicted molar refractivity (Wildman–Crippen MR) is 107 cm³/mol. The molecule has 0 amide bonds. The van der Waals surface area contributed by atoms with Crippen molar-refractivity contribution in [3.8, 4) is 35.2 Å². The molecule has 0 aliphatic rings. The molecule has 0 atom stereocenters. The minimum absolute atomic E-state index is 0.0977. The molecule has 0 aliphatic heterocycles. The van der Waals surface area contributed by atoms with Crippen LogP contribution >= 0.6 is 0 Å². The van der Waals surface area contributed by atoms with E-state index in [1.807, 2.05) is 26.0 Å². The molecule has 146 valence electrons. The Kier molecular flexibility index (Phi) is 5.27. The standard InChI is InChI=1S/C20H22N4O4/c1-6-11-24-19(25)16-18(23(5)20(24)26)21-17(22(16)4)13-9-10-14(27-7-2)15(12-13)28-8-3/h1,9-10,12H,7-8,11H2,2-5H3. The third-order valence-corrected chi connectivity index (χ3v) is 4.41. The summed E-state index contributed by atoms with van der Waals surface area (Å²) < 4.78 is 15.3. The van der Waals surface area contributed by atoms with Crippen LogP contribution in [0.1, 0.15) is 13.8 Å². The van der Waals surface area contributed by atoms with Crippen molar-refractivity contribution in [1.29, 1.82) is 0 Å². The average molecular weight is 382 g/mol. The van der Waals surface area contributed by atoms with E-state index < -0.39 is 11.2 Å².